The Kier molecular flexibility index (Phi) is 10.1. The van der Waals surface area contributed by atoms with Crippen molar-refractivity contribution in [3.05, 3.63) is 35.9 Å². The summed E-state index contributed by atoms with van der Waals surface area (Å²) < 4.78 is 0. The number of nitrogens with one attached hydrogen (secondary N) is 3. The predicted molar refractivity (Wildman–Crippen MR) is 108 cm³/mol. The van der Waals surface area contributed by atoms with Crippen LogP contribution in [-0.4, -0.2) is 70.4 Å². The van der Waals surface area contributed by atoms with Crippen LogP contribution < -0.4 is 21.7 Å². The van der Waals surface area contributed by atoms with E-state index < -0.39 is 54.5 Å². The Bertz CT molecular complexity index is 718. The number of aliphatic carboxylic acids is 1. The van der Waals surface area contributed by atoms with E-state index in [-0.39, 0.29) is 12.2 Å². The number of thiol groups is 1. The van der Waals surface area contributed by atoms with Gasteiger partial charge in [0.2, 0.25) is 17.7 Å². The van der Waals surface area contributed by atoms with Crippen LogP contribution in [0.25, 0.3) is 0 Å². The number of hydrogen-bond acceptors (Lipinski definition) is 7. The third-order valence-electron chi connectivity index (χ3n) is 3.99. The van der Waals surface area contributed by atoms with Crippen LogP contribution in [0.2, 0.25) is 0 Å². The molecule has 4 atom stereocenters. The summed E-state index contributed by atoms with van der Waals surface area (Å²) in [6, 6.07) is 4.16. The van der Waals surface area contributed by atoms with E-state index in [0.717, 1.165) is 5.56 Å². The lowest BCUT2D eigenvalue weighted by Crippen LogP contribution is -2.58. The summed E-state index contributed by atoms with van der Waals surface area (Å²) in [7, 11) is 0. The maximum absolute atomic E-state index is 12.5. The zero-order valence-corrected chi connectivity index (χ0v) is 16.8. The highest BCUT2D eigenvalue weighted by Gasteiger charge is 2.29. The summed E-state index contributed by atoms with van der Waals surface area (Å²) in [5, 5.41) is 25.5. The van der Waals surface area contributed by atoms with Crippen LogP contribution in [0, 0.1) is 0 Å². The highest BCUT2D eigenvalue weighted by atomic mass is 32.1. The molecule has 3 amide bonds. The zero-order valence-electron chi connectivity index (χ0n) is 15.9. The highest BCUT2D eigenvalue weighted by Crippen LogP contribution is 2.05. The fraction of sp³-hybridized carbons (Fsp3) is 0.444. The number of nitrogens with two attached hydrogens (primary N) is 1. The lowest BCUT2D eigenvalue weighted by molar-refractivity contribution is -0.141. The van der Waals surface area contributed by atoms with Crippen molar-refractivity contribution >= 4 is 36.3 Å². The maximum Gasteiger partial charge on any atom is 0.325 e. The third-order valence-corrected chi connectivity index (χ3v) is 4.39. The summed E-state index contributed by atoms with van der Waals surface area (Å²) in [6.45, 7) is 0.569. The SMILES string of the molecule is CC(NC(=O)C(Cc1ccccc1)NC(=O)C(CO)NC(=O)C(N)CS)C(=O)O. The fourth-order valence-electron chi connectivity index (χ4n) is 2.26. The standard InChI is InChI=1S/C18H26N4O6S/c1-10(18(27)28)20-16(25)13(7-11-5-3-2-4-6-11)21-17(26)14(8-23)22-15(24)12(19)9-29/h2-6,10,12-14,23,29H,7-9,19H2,1H3,(H,20,25)(H,21,26)(H,22,24)(H,27,28). The van der Waals surface area contributed by atoms with Crippen molar-refractivity contribution in [3.63, 3.8) is 0 Å². The first kappa shape index (κ1) is 24.4. The molecule has 4 unspecified atom stereocenters. The fourth-order valence-corrected chi connectivity index (χ4v) is 2.43. The summed E-state index contributed by atoms with van der Waals surface area (Å²) in [5.41, 5.74) is 6.25. The number of carboxylic acid groups (broad SMARTS) is 1. The highest BCUT2D eigenvalue weighted by molar-refractivity contribution is 7.80. The second-order valence-corrected chi connectivity index (χ2v) is 6.72. The molecule has 10 nitrogen and oxygen atoms in total. The summed E-state index contributed by atoms with van der Waals surface area (Å²) in [6.07, 6.45) is 0.0764. The van der Waals surface area contributed by atoms with Gasteiger partial charge in [0.1, 0.15) is 18.1 Å². The zero-order chi connectivity index (χ0) is 22.0. The first-order chi connectivity index (χ1) is 13.7. The summed E-state index contributed by atoms with van der Waals surface area (Å²) >= 11 is 3.89. The molecular weight excluding hydrogens is 400 g/mol. The number of hydrogen-bond donors (Lipinski definition) is 7. The van der Waals surface area contributed by atoms with Crippen LogP contribution in [0.3, 0.4) is 0 Å². The number of carbonyl (C=O) groups is 4. The average molecular weight is 426 g/mol. The van der Waals surface area contributed by atoms with Crippen LogP contribution in [0.4, 0.5) is 0 Å². The van der Waals surface area contributed by atoms with E-state index in [4.69, 9.17) is 10.8 Å². The molecule has 0 aliphatic heterocycles. The molecule has 0 aliphatic rings. The Morgan fingerprint density at radius 2 is 1.55 bits per heavy atom. The first-order valence-electron chi connectivity index (χ1n) is 8.84. The Morgan fingerprint density at radius 3 is 2.07 bits per heavy atom. The van der Waals surface area contributed by atoms with E-state index in [1.165, 1.54) is 6.92 Å². The van der Waals surface area contributed by atoms with Gasteiger partial charge in [-0.1, -0.05) is 30.3 Å². The predicted octanol–water partition coefficient (Wildman–Crippen LogP) is -1.96. The molecule has 29 heavy (non-hydrogen) atoms. The van der Waals surface area contributed by atoms with Crippen LogP contribution in [0.15, 0.2) is 30.3 Å². The molecule has 0 radical (unpaired) electrons. The number of carbonyl (C=O) groups excluding carboxylic acids is 3. The first-order valence-corrected chi connectivity index (χ1v) is 9.48. The molecule has 0 fully saturated rings. The van der Waals surface area contributed by atoms with Crippen molar-refractivity contribution in [2.45, 2.75) is 37.5 Å². The lowest BCUT2D eigenvalue weighted by Gasteiger charge is -2.23. The molecule has 1 aromatic carbocycles. The van der Waals surface area contributed by atoms with Crippen LogP contribution >= 0.6 is 12.6 Å². The van der Waals surface area contributed by atoms with Gasteiger partial charge in [-0.15, -0.1) is 0 Å². The van der Waals surface area contributed by atoms with Gasteiger partial charge in [-0.05, 0) is 12.5 Å². The van der Waals surface area contributed by atoms with Gasteiger partial charge >= 0.3 is 5.97 Å². The molecule has 0 bridgehead atoms. The number of benzene rings is 1. The monoisotopic (exact) mass is 426 g/mol. The maximum atomic E-state index is 12.5. The molecule has 1 aromatic rings. The van der Waals surface area contributed by atoms with E-state index >= 15 is 0 Å². The molecule has 0 saturated heterocycles. The van der Waals surface area contributed by atoms with Gasteiger partial charge in [0, 0.05) is 12.2 Å². The minimum absolute atomic E-state index is 0.0394. The van der Waals surface area contributed by atoms with Crippen molar-refractivity contribution in [1.29, 1.82) is 0 Å². The average Bonchev–Trinajstić information content (AvgIpc) is 2.70. The molecule has 0 saturated carbocycles. The van der Waals surface area contributed by atoms with Crippen LogP contribution in [0.1, 0.15) is 12.5 Å². The van der Waals surface area contributed by atoms with E-state index in [2.05, 4.69) is 28.6 Å². The number of aliphatic hydroxyl groups is 1. The Morgan fingerprint density at radius 1 is 1.00 bits per heavy atom. The third kappa shape index (κ3) is 8.10. The van der Waals surface area contributed by atoms with Crippen LogP contribution in [-0.2, 0) is 25.6 Å². The quantitative estimate of drug-likeness (QED) is 0.201. The second-order valence-electron chi connectivity index (χ2n) is 6.35. The normalized spacial score (nSPS) is 14.8. The number of rotatable bonds is 11. The molecule has 160 valence electrons. The van der Waals surface area contributed by atoms with Gasteiger partial charge in [-0.25, -0.2) is 0 Å². The van der Waals surface area contributed by atoms with E-state index in [1.54, 1.807) is 30.3 Å². The van der Waals surface area contributed by atoms with Gasteiger partial charge in [0.15, 0.2) is 0 Å². The van der Waals surface area contributed by atoms with Gasteiger partial charge in [-0.2, -0.15) is 12.6 Å². The smallest absolute Gasteiger partial charge is 0.325 e. The molecular formula is C18H26N4O6S. The van der Waals surface area contributed by atoms with Crippen molar-refractivity contribution in [2.75, 3.05) is 12.4 Å². The van der Waals surface area contributed by atoms with E-state index in [1.807, 2.05) is 0 Å². The summed E-state index contributed by atoms with van der Waals surface area (Å²) in [4.78, 5) is 47.9. The Balaban J connectivity index is 2.93. The van der Waals surface area contributed by atoms with Crippen molar-refractivity contribution in [2.24, 2.45) is 5.73 Å². The minimum Gasteiger partial charge on any atom is -0.480 e. The van der Waals surface area contributed by atoms with E-state index in [9.17, 15) is 24.3 Å². The van der Waals surface area contributed by atoms with E-state index in [0.29, 0.717) is 0 Å². The van der Waals surface area contributed by atoms with Crippen molar-refractivity contribution < 1.29 is 29.4 Å². The van der Waals surface area contributed by atoms with Gasteiger partial charge in [0.25, 0.3) is 0 Å². The number of carboxylic acids is 1. The second kappa shape index (κ2) is 12.0. The topological polar surface area (TPSA) is 171 Å². The molecule has 0 aliphatic carbocycles. The Labute approximate surface area is 173 Å². The van der Waals surface area contributed by atoms with Gasteiger partial charge < -0.3 is 31.9 Å². The largest absolute Gasteiger partial charge is 0.480 e. The summed E-state index contributed by atoms with van der Waals surface area (Å²) in [5.74, 6) is -3.40. The lowest BCUT2D eigenvalue weighted by atomic mass is 10.0. The molecule has 0 heterocycles. The minimum atomic E-state index is -1.34. The van der Waals surface area contributed by atoms with Crippen LogP contribution in [0.5, 0.6) is 0 Å². The number of aliphatic hydroxyl groups excluding tert-OH is 1. The van der Waals surface area contributed by atoms with Crippen molar-refractivity contribution in [1.82, 2.24) is 16.0 Å². The molecule has 1 rings (SSSR count). The number of amides is 3. The van der Waals surface area contributed by atoms with Gasteiger partial charge in [-0.3, -0.25) is 19.2 Å². The molecule has 0 spiro atoms. The van der Waals surface area contributed by atoms with Gasteiger partial charge in [0.05, 0.1) is 12.6 Å². The molecule has 7 N–H and O–H groups in total. The Hall–Kier alpha value is -2.63. The molecule has 0 aromatic heterocycles. The molecule has 11 heteroatoms. The van der Waals surface area contributed by atoms with Crippen molar-refractivity contribution in [3.8, 4) is 0 Å².